The summed E-state index contributed by atoms with van der Waals surface area (Å²) in [5.41, 5.74) is 1.60. The van der Waals surface area contributed by atoms with Crippen LogP contribution in [0, 0.1) is 0 Å². The molecule has 1 atom stereocenters. The molecule has 0 aliphatic heterocycles. The third-order valence-electron chi connectivity index (χ3n) is 3.14. The minimum atomic E-state index is -0.0325. The van der Waals surface area contributed by atoms with Crippen molar-refractivity contribution in [2.45, 2.75) is 19.4 Å². The number of thiophene rings is 1. The van der Waals surface area contributed by atoms with E-state index < -0.39 is 0 Å². The van der Waals surface area contributed by atoms with Gasteiger partial charge in [-0.2, -0.15) is 11.3 Å². The van der Waals surface area contributed by atoms with E-state index in [1.807, 2.05) is 54.1 Å². The molecule has 2 aromatic heterocycles. The molecule has 0 radical (unpaired) electrons. The van der Waals surface area contributed by atoms with Gasteiger partial charge < -0.3 is 9.73 Å². The molecule has 0 saturated heterocycles. The molecule has 0 aliphatic rings. The second-order valence-corrected chi connectivity index (χ2v) is 5.62. The summed E-state index contributed by atoms with van der Waals surface area (Å²) in [6.45, 7) is 1.98. The first kappa shape index (κ1) is 12.9. The van der Waals surface area contributed by atoms with Crippen molar-refractivity contribution < 1.29 is 9.21 Å². The van der Waals surface area contributed by atoms with Crippen LogP contribution in [0.5, 0.6) is 0 Å². The highest BCUT2D eigenvalue weighted by Crippen LogP contribution is 2.19. The van der Waals surface area contributed by atoms with Crippen LogP contribution in [0.15, 0.2) is 51.6 Å². The molecule has 0 bridgehead atoms. The Bertz CT molecular complexity index is 682. The Kier molecular flexibility index (Phi) is 3.56. The van der Waals surface area contributed by atoms with Gasteiger partial charge in [0.1, 0.15) is 11.3 Å². The Morgan fingerprint density at radius 2 is 2.20 bits per heavy atom. The molecule has 0 saturated carbocycles. The van der Waals surface area contributed by atoms with Crippen LogP contribution in [0.4, 0.5) is 0 Å². The van der Waals surface area contributed by atoms with Gasteiger partial charge in [-0.15, -0.1) is 0 Å². The highest BCUT2D eigenvalue weighted by atomic mass is 32.1. The predicted octanol–water partition coefficient (Wildman–Crippen LogP) is 3.86. The van der Waals surface area contributed by atoms with Crippen LogP contribution in [-0.4, -0.2) is 11.9 Å². The summed E-state index contributed by atoms with van der Waals surface area (Å²) >= 11 is 1.52. The molecule has 1 amide bonds. The van der Waals surface area contributed by atoms with E-state index in [0.29, 0.717) is 12.0 Å². The fourth-order valence-corrected chi connectivity index (χ4v) is 2.83. The van der Waals surface area contributed by atoms with Crippen LogP contribution in [0.25, 0.3) is 11.0 Å². The molecule has 0 unspecified atom stereocenters. The average Bonchev–Trinajstić information content (AvgIpc) is 3.07. The topological polar surface area (TPSA) is 42.2 Å². The van der Waals surface area contributed by atoms with Gasteiger partial charge in [-0.3, -0.25) is 4.79 Å². The Labute approximate surface area is 121 Å². The van der Waals surface area contributed by atoms with Gasteiger partial charge in [0.15, 0.2) is 0 Å². The van der Waals surface area contributed by atoms with Crippen molar-refractivity contribution in [2.75, 3.05) is 0 Å². The van der Waals surface area contributed by atoms with Gasteiger partial charge in [0.05, 0.1) is 0 Å². The molecule has 0 aliphatic carbocycles. The Hall–Kier alpha value is -2.07. The average molecular weight is 285 g/mol. The van der Waals surface area contributed by atoms with E-state index in [4.69, 9.17) is 4.42 Å². The number of amides is 1. The first-order valence-corrected chi connectivity index (χ1v) is 7.47. The van der Waals surface area contributed by atoms with Crippen LogP contribution in [0.2, 0.25) is 0 Å². The van der Waals surface area contributed by atoms with E-state index in [1.54, 1.807) is 0 Å². The molecule has 3 aromatic rings. The van der Waals surface area contributed by atoms with Crippen LogP contribution in [0.1, 0.15) is 23.0 Å². The lowest BCUT2D eigenvalue weighted by atomic mass is 10.1. The van der Waals surface area contributed by atoms with Crippen molar-refractivity contribution in [2.24, 2.45) is 0 Å². The Morgan fingerprint density at radius 1 is 1.35 bits per heavy atom. The minimum Gasteiger partial charge on any atom is -0.461 e. The highest BCUT2D eigenvalue weighted by Gasteiger charge is 2.12. The van der Waals surface area contributed by atoms with E-state index >= 15 is 0 Å². The molecule has 102 valence electrons. The van der Waals surface area contributed by atoms with Crippen LogP contribution >= 0.6 is 11.3 Å². The molecule has 3 rings (SSSR count). The molecule has 20 heavy (non-hydrogen) atoms. The van der Waals surface area contributed by atoms with Gasteiger partial charge in [0.2, 0.25) is 0 Å². The van der Waals surface area contributed by atoms with E-state index in [9.17, 15) is 4.79 Å². The smallest absolute Gasteiger partial charge is 0.252 e. The summed E-state index contributed by atoms with van der Waals surface area (Å²) < 4.78 is 5.76. The maximum Gasteiger partial charge on any atom is 0.252 e. The maximum atomic E-state index is 11.9. The third-order valence-corrected chi connectivity index (χ3v) is 3.83. The van der Waals surface area contributed by atoms with Crippen molar-refractivity contribution in [3.8, 4) is 0 Å². The van der Waals surface area contributed by atoms with Crippen LogP contribution in [-0.2, 0) is 6.42 Å². The number of nitrogens with one attached hydrogen (secondary N) is 1. The van der Waals surface area contributed by atoms with E-state index in [-0.39, 0.29) is 11.9 Å². The van der Waals surface area contributed by atoms with Crippen molar-refractivity contribution in [1.82, 2.24) is 5.32 Å². The largest absolute Gasteiger partial charge is 0.461 e. The molecule has 0 spiro atoms. The van der Waals surface area contributed by atoms with E-state index in [0.717, 1.165) is 16.7 Å². The first-order valence-electron chi connectivity index (χ1n) is 6.53. The number of para-hydroxylation sites is 1. The molecule has 1 N–H and O–H groups in total. The number of carbonyl (C=O) groups is 1. The quantitative estimate of drug-likeness (QED) is 0.791. The molecular weight excluding hydrogens is 270 g/mol. The first-order chi connectivity index (χ1) is 9.72. The number of fused-ring (bicyclic) bond motifs is 1. The maximum absolute atomic E-state index is 11.9. The summed E-state index contributed by atoms with van der Waals surface area (Å²) in [7, 11) is 0. The summed E-state index contributed by atoms with van der Waals surface area (Å²) in [6, 6.07) is 11.8. The molecule has 4 heteroatoms. The van der Waals surface area contributed by atoms with Crippen molar-refractivity contribution in [1.29, 1.82) is 0 Å². The van der Waals surface area contributed by atoms with Crippen molar-refractivity contribution in [3.05, 3.63) is 58.5 Å². The lowest BCUT2D eigenvalue weighted by molar-refractivity contribution is 0.0940. The van der Waals surface area contributed by atoms with E-state index in [2.05, 4.69) is 5.32 Å². The number of benzene rings is 1. The molecule has 3 nitrogen and oxygen atoms in total. The Morgan fingerprint density at radius 3 is 2.95 bits per heavy atom. The number of carbonyl (C=O) groups excluding carboxylic acids is 1. The summed E-state index contributed by atoms with van der Waals surface area (Å²) in [5, 5.41) is 7.83. The zero-order chi connectivity index (χ0) is 13.9. The summed E-state index contributed by atoms with van der Waals surface area (Å²) in [5.74, 6) is 0.860. The molecule has 0 fully saturated rings. The third kappa shape index (κ3) is 2.75. The SMILES string of the molecule is C[C@@H](Cc1cc2ccccc2o1)NC(=O)c1ccsc1. The summed E-state index contributed by atoms with van der Waals surface area (Å²) in [6.07, 6.45) is 0.685. The molecule has 2 heterocycles. The minimum absolute atomic E-state index is 0.0305. The van der Waals surface area contributed by atoms with Gasteiger partial charge in [0.25, 0.3) is 5.91 Å². The second-order valence-electron chi connectivity index (χ2n) is 4.84. The number of hydrogen-bond acceptors (Lipinski definition) is 3. The number of furan rings is 1. The van der Waals surface area contributed by atoms with E-state index in [1.165, 1.54) is 11.3 Å². The van der Waals surface area contributed by atoms with Crippen molar-refractivity contribution in [3.63, 3.8) is 0 Å². The molecule has 1 aromatic carbocycles. The van der Waals surface area contributed by atoms with Gasteiger partial charge in [0, 0.05) is 28.8 Å². The normalized spacial score (nSPS) is 12.4. The van der Waals surface area contributed by atoms with Crippen molar-refractivity contribution >= 4 is 28.2 Å². The lowest BCUT2D eigenvalue weighted by Crippen LogP contribution is -2.33. The van der Waals surface area contributed by atoms with Gasteiger partial charge in [-0.25, -0.2) is 0 Å². The van der Waals surface area contributed by atoms with Crippen LogP contribution in [0.3, 0.4) is 0 Å². The monoisotopic (exact) mass is 285 g/mol. The summed E-state index contributed by atoms with van der Waals surface area (Å²) in [4.78, 5) is 11.9. The lowest BCUT2D eigenvalue weighted by Gasteiger charge is -2.11. The van der Waals surface area contributed by atoms with Gasteiger partial charge in [-0.05, 0) is 30.5 Å². The highest BCUT2D eigenvalue weighted by molar-refractivity contribution is 7.08. The van der Waals surface area contributed by atoms with Gasteiger partial charge >= 0.3 is 0 Å². The number of hydrogen-bond donors (Lipinski definition) is 1. The fourth-order valence-electron chi connectivity index (χ4n) is 2.19. The van der Waals surface area contributed by atoms with Gasteiger partial charge in [-0.1, -0.05) is 18.2 Å². The predicted molar refractivity (Wildman–Crippen MR) is 81.2 cm³/mol. The standard InChI is InChI=1S/C16H15NO2S/c1-11(17-16(18)13-6-7-20-10-13)8-14-9-12-4-2-3-5-15(12)19-14/h2-7,9-11H,8H2,1H3,(H,17,18)/t11-/m0/s1. The second kappa shape index (κ2) is 5.51. The zero-order valence-electron chi connectivity index (χ0n) is 11.1. The number of rotatable bonds is 4. The molecular formula is C16H15NO2S. The zero-order valence-corrected chi connectivity index (χ0v) is 11.9. The van der Waals surface area contributed by atoms with Crippen LogP contribution < -0.4 is 5.32 Å². The Balaban J connectivity index is 1.66. The fraction of sp³-hybridized carbons (Fsp3) is 0.188.